The Kier molecular flexibility index (Phi) is 3.32. The molecule has 1 heterocycles. The molecule has 0 aromatic heterocycles. The zero-order valence-electron chi connectivity index (χ0n) is 13.2. The van der Waals surface area contributed by atoms with Gasteiger partial charge in [0.1, 0.15) is 16.9 Å². The molecule has 0 N–H and O–H groups in total. The van der Waals surface area contributed by atoms with E-state index in [-0.39, 0.29) is 5.91 Å². The largest absolute Gasteiger partial charge is 0.497 e. The molecule has 3 rings (SSSR count). The van der Waals surface area contributed by atoms with Crippen LogP contribution in [0.5, 0.6) is 11.5 Å². The van der Waals surface area contributed by atoms with Crippen molar-refractivity contribution in [2.75, 3.05) is 26.2 Å². The molecule has 0 fully saturated rings. The molecule has 0 saturated heterocycles. The number of amides is 1. The number of nitrogens with zero attached hydrogens (tertiary/aromatic N) is 1. The Bertz CT molecular complexity index is 741. The third-order valence-electron chi connectivity index (χ3n) is 4.48. The highest BCUT2D eigenvalue weighted by Crippen LogP contribution is 2.48. The number of likely N-dealkylation sites (N-methyl/N-ethyl adjacent to an activating group) is 1. The Hall–Kier alpha value is -2.49. The monoisotopic (exact) mass is 297 g/mol. The van der Waals surface area contributed by atoms with Crippen molar-refractivity contribution in [3.05, 3.63) is 53.6 Å². The van der Waals surface area contributed by atoms with Gasteiger partial charge in [0.2, 0.25) is 5.91 Å². The van der Waals surface area contributed by atoms with Gasteiger partial charge in [-0.05, 0) is 24.6 Å². The number of para-hydroxylation sites is 1. The van der Waals surface area contributed by atoms with E-state index in [0.717, 1.165) is 16.8 Å². The summed E-state index contributed by atoms with van der Waals surface area (Å²) in [4.78, 5) is 14.7. The van der Waals surface area contributed by atoms with Gasteiger partial charge in [0, 0.05) is 24.4 Å². The second-order valence-electron chi connectivity index (χ2n) is 5.57. The number of benzene rings is 2. The van der Waals surface area contributed by atoms with Crippen LogP contribution < -0.4 is 14.4 Å². The first kappa shape index (κ1) is 14.4. The van der Waals surface area contributed by atoms with Crippen LogP contribution in [0.2, 0.25) is 0 Å². The molecule has 4 nitrogen and oxygen atoms in total. The van der Waals surface area contributed by atoms with Crippen molar-refractivity contribution in [1.29, 1.82) is 0 Å². The average Bonchev–Trinajstić information content (AvgIpc) is 2.77. The number of rotatable bonds is 3. The van der Waals surface area contributed by atoms with E-state index in [1.54, 1.807) is 19.1 Å². The van der Waals surface area contributed by atoms with Crippen LogP contribution in [0, 0.1) is 0 Å². The van der Waals surface area contributed by atoms with E-state index in [1.807, 2.05) is 56.4 Å². The SMILES string of the molecule is COc1ccc(C2(C)C(=O)N(C)c3ccccc32)c(OC)c1. The summed E-state index contributed by atoms with van der Waals surface area (Å²) in [5.41, 5.74) is 2.01. The summed E-state index contributed by atoms with van der Waals surface area (Å²) in [6.07, 6.45) is 0. The highest BCUT2D eigenvalue weighted by atomic mass is 16.5. The van der Waals surface area contributed by atoms with Crippen LogP contribution >= 0.6 is 0 Å². The first-order chi connectivity index (χ1) is 10.5. The molecule has 1 atom stereocenters. The van der Waals surface area contributed by atoms with Gasteiger partial charge in [0.15, 0.2) is 0 Å². The standard InChI is InChI=1S/C18H19NO3/c1-18(14-10-9-12(21-3)11-16(14)22-4)13-7-5-6-8-15(13)19(2)17(18)20/h5-11H,1-4H3. The van der Waals surface area contributed by atoms with Crippen LogP contribution in [-0.4, -0.2) is 27.2 Å². The molecule has 1 aliphatic rings. The fraction of sp³-hybridized carbons (Fsp3) is 0.278. The van der Waals surface area contributed by atoms with Crippen LogP contribution in [0.15, 0.2) is 42.5 Å². The molecule has 2 aromatic rings. The lowest BCUT2D eigenvalue weighted by Crippen LogP contribution is -2.37. The lowest BCUT2D eigenvalue weighted by atomic mass is 9.76. The van der Waals surface area contributed by atoms with Gasteiger partial charge in [0.25, 0.3) is 0 Å². The van der Waals surface area contributed by atoms with E-state index in [2.05, 4.69) is 0 Å². The Morgan fingerprint density at radius 3 is 2.41 bits per heavy atom. The maximum Gasteiger partial charge on any atom is 0.241 e. The van der Waals surface area contributed by atoms with Gasteiger partial charge in [-0.2, -0.15) is 0 Å². The van der Waals surface area contributed by atoms with Crippen LogP contribution in [0.1, 0.15) is 18.1 Å². The molecule has 4 heteroatoms. The fourth-order valence-electron chi connectivity index (χ4n) is 3.22. The van der Waals surface area contributed by atoms with Gasteiger partial charge < -0.3 is 14.4 Å². The minimum Gasteiger partial charge on any atom is -0.497 e. The van der Waals surface area contributed by atoms with E-state index in [1.165, 1.54) is 0 Å². The summed E-state index contributed by atoms with van der Waals surface area (Å²) in [6.45, 7) is 1.95. The van der Waals surface area contributed by atoms with Crippen molar-refractivity contribution < 1.29 is 14.3 Å². The van der Waals surface area contributed by atoms with E-state index in [9.17, 15) is 4.79 Å². The molecular formula is C18H19NO3. The Morgan fingerprint density at radius 2 is 1.73 bits per heavy atom. The van der Waals surface area contributed by atoms with Crippen LogP contribution in [0.3, 0.4) is 0 Å². The second kappa shape index (κ2) is 5.05. The molecule has 1 aliphatic heterocycles. The topological polar surface area (TPSA) is 38.8 Å². The van der Waals surface area contributed by atoms with Crippen molar-refractivity contribution in [3.8, 4) is 11.5 Å². The molecule has 2 aromatic carbocycles. The van der Waals surface area contributed by atoms with Crippen molar-refractivity contribution in [1.82, 2.24) is 0 Å². The van der Waals surface area contributed by atoms with Crippen LogP contribution in [0.25, 0.3) is 0 Å². The number of ether oxygens (including phenoxy) is 2. The first-order valence-corrected chi connectivity index (χ1v) is 7.14. The number of anilines is 1. The quantitative estimate of drug-likeness (QED) is 0.874. The Balaban J connectivity index is 2.25. The third kappa shape index (κ3) is 1.80. The van der Waals surface area contributed by atoms with Gasteiger partial charge >= 0.3 is 0 Å². The van der Waals surface area contributed by atoms with E-state index in [4.69, 9.17) is 9.47 Å². The zero-order valence-corrected chi connectivity index (χ0v) is 13.2. The van der Waals surface area contributed by atoms with Crippen molar-refractivity contribution in [3.63, 3.8) is 0 Å². The second-order valence-corrected chi connectivity index (χ2v) is 5.57. The maximum atomic E-state index is 12.9. The molecule has 0 aliphatic carbocycles. The zero-order chi connectivity index (χ0) is 15.9. The number of hydrogen-bond donors (Lipinski definition) is 0. The van der Waals surface area contributed by atoms with Gasteiger partial charge in [-0.3, -0.25) is 4.79 Å². The molecule has 0 spiro atoms. The number of carbonyl (C=O) groups is 1. The third-order valence-corrected chi connectivity index (χ3v) is 4.48. The number of carbonyl (C=O) groups excluding carboxylic acids is 1. The number of hydrogen-bond acceptors (Lipinski definition) is 3. The number of fused-ring (bicyclic) bond motifs is 1. The van der Waals surface area contributed by atoms with E-state index < -0.39 is 5.41 Å². The van der Waals surface area contributed by atoms with E-state index >= 15 is 0 Å². The molecule has 0 radical (unpaired) electrons. The molecule has 22 heavy (non-hydrogen) atoms. The minimum absolute atomic E-state index is 0.0390. The minimum atomic E-state index is -0.761. The molecule has 0 bridgehead atoms. The highest BCUT2D eigenvalue weighted by Gasteiger charge is 2.48. The average molecular weight is 297 g/mol. The molecule has 0 saturated carbocycles. The Morgan fingerprint density at radius 1 is 1.00 bits per heavy atom. The lowest BCUT2D eigenvalue weighted by molar-refractivity contribution is -0.121. The summed E-state index contributed by atoms with van der Waals surface area (Å²) in [5.74, 6) is 1.40. The van der Waals surface area contributed by atoms with Crippen LogP contribution in [0.4, 0.5) is 5.69 Å². The first-order valence-electron chi connectivity index (χ1n) is 7.14. The lowest BCUT2D eigenvalue weighted by Gasteiger charge is -2.26. The van der Waals surface area contributed by atoms with Crippen LogP contribution in [-0.2, 0) is 10.2 Å². The summed E-state index contributed by atoms with van der Waals surface area (Å²) in [6, 6.07) is 13.5. The Labute approximate surface area is 130 Å². The van der Waals surface area contributed by atoms with Crippen molar-refractivity contribution in [2.24, 2.45) is 0 Å². The summed E-state index contributed by atoms with van der Waals surface area (Å²) in [5, 5.41) is 0. The predicted octanol–water partition coefficient (Wildman–Crippen LogP) is 2.99. The highest BCUT2D eigenvalue weighted by molar-refractivity contribution is 6.10. The van der Waals surface area contributed by atoms with Gasteiger partial charge in [-0.25, -0.2) is 0 Å². The molecule has 1 unspecified atom stereocenters. The summed E-state index contributed by atoms with van der Waals surface area (Å²) >= 11 is 0. The van der Waals surface area contributed by atoms with Gasteiger partial charge in [-0.1, -0.05) is 24.3 Å². The maximum absolute atomic E-state index is 12.9. The van der Waals surface area contributed by atoms with E-state index in [0.29, 0.717) is 11.5 Å². The predicted molar refractivity (Wildman–Crippen MR) is 85.9 cm³/mol. The molecular weight excluding hydrogens is 278 g/mol. The molecule has 114 valence electrons. The summed E-state index contributed by atoms with van der Waals surface area (Å²) in [7, 11) is 5.03. The molecule has 1 amide bonds. The van der Waals surface area contributed by atoms with Crippen molar-refractivity contribution >= 4 is 11.6 Å². The smallest absolute Gasteiger partial charge is 0.241 e. The normalized spacial score (nSPS) is 20.0. The number of methoxy groups -OCH3 is 2. The van der Waals surface area contributed by atoms with Gasteiger partial charge in [0.05, 0.1) is 14.2 Å². The fourth-order valence-corrected chi connectivity index (χ4v) is 3.22. The van der Waals surface area contributed by atoms with Gasteiger partial charge in [-0.15, -0.1) is 0 Å². The van der Waals surface area contributed by atoms with Crippen molar-refractivity contribution in [2.45, 2.75) is 12.3 Å². The summed E-state index contributed by atoms with van der Waals surface area (Å²) < 4.78 is 10.8.